The first-order valence-electron chi connectivity index (χ1n) is 7.89. The van der Waals surface area contributed by atoms with Gasteiger partial charge in [0.05, 0.1) is 0 Å². The second-order valence-electron chi connectivity index (χ2n) is 5.84. The van der Waals surface area contributed by atoms with Gasteiger partial charge in [-0.3, -0.25) is 0 Å². The second-order valence-corrected chi connectivity index (χ2v) is 5.84. The van der Waals surface area contributed by atoms with Gasteiger partial charge in [-0.25, -0.2) is 4.79 Å². The second kappa shape index (κ2) is 6.94. The average Bonchev–Trinajstić information content (AvgIpc) is 2.46. The molecule has 0 fully saturated rings. The maximum atomic E-state index is 11.1. The molecule has 4 heteroatoms. The molecule has 4 nitrogen and oxygen atoms in total. The number of aromatic hydroxyl groups is 1. The van der Waals surface area contributed by atoms with Gasteiger partial charge in [-0.05, 0) is 62.4 Å². The molecule has 21 heavy (non-hydrogen) atoms. The lowest BCUT2D eigenvalue weighted by atomic mass is 9.85. The van der Waals surface area contributed by atoms with E-state index in [1.165, 1.54) is 6.07 Å². The summed E-state index contributed by atoms with van der Waals surface area (Å²) < 4.78 is 0. The first kappa shape index (κ1) is 15.8. The van der Waals surface area contributed by atoms with Crippen LogP contribution in [0, 0.1) is 0 Å². The predicted octanol–water partition coefficient (Wildman–Crippen LogP) is 3.07. The fourth-order valence-electron chi connectivity index (χ4n) is 3.35. The minimum absolute atomic E-state index is 0.0196. The number of hydrogen-bond donors (Lipinski definition) is 2. The van der Waals surface area contributed by atoms with Gasteiger partial charge in [0.1, 0.15) is 11.3 Å². The highest BCUT2D eigenvalue weighted by atomic mass is 16.4. The van der Waals surface area contributed by atoms with E-state index in [0.717, 1.165) is 56.3 Å². The molecule has 0 saturated carbocycles. The van der Waals surface area contributed by atoms with Gasteiger partial charge < -0.3 is 15.1 Å². The molecule has 0 saturated heterocycles. The van der Waals surface area contributed by atoms with Crippen LogP contribution in [0.15, 0.2) is 12.1 Å². The molecule has 1 aromatic rings. The molecule has 0 radical (unpaired) electrons. The van der Waals surface area contributed by atoms with Crippen molar-refractivity contribution in [3.63, 3.8) is 0 Å². The van der Waals surface area contributed by atoms with Crippen molar-refractivity contribution < 1.29 is 15.0 Å². The van der Waals surface area contributed by atoms with Crippen LogP contribution in [0.2, 0.25) is 0 Å². The van der Waals surface area contributed by atoms with E-state index in [1.807, 2.05) is 6.07 Å². The molecule has 116 valence electrons. The Morgan fingerprint density at radius 2 is 1.95 bits per heavy atom. The first-order valence-corrected chi connectivity index (χ1v) is 7.89. The fraction of sp³-hybridized carbons (Fsp3) is 0.588. The van der Waals surface area contributed by atoms with Crippen LogP contribution in [0.25, 0.3) is 0 Å². The Balaban J connectivity index is 2.21. The number of aromatic carboxylic acids is 1. The Morgan fingerprint density at radius 3 is 2.52 bits per heavy atom. The third-order valence-electron chi connectivity index (χ3n) is 4.33. The topological polar surface area (TPSA) is 60.8 Å². The Hall–Kier alpha value is -1.55. The van der Waals surface area contributed by atoms with Crippen molar-refractivity contribution in [2.75, 3.05) is 13.1 Å². The van der Waals surface area contributed by atoms with Gasteiger partial charge in [0.25, 0.3) is 0 Å². The Labute approximate surface area is 126 Å². The smallest absolute Gasteiger partial charge is 0.339 e. The molecule has 0 spiro atoms. The number of carboxylic acids is 1. The lowest BCUT2D eigenvalue weighted by Gasteiger charge is -2.35. The van der Waals surface area contributed by atoms with E-state index < -0.39 is 5.97 Å². The molecule has 2 rings (SSSR count). The van der Waals surface area contributed by atoms with Gasteiger partial charge in [0, 0.05) is 6.04 Å². The highest BCUT2D eigenvalue weighted by Gasteiger charge is 2.27. The summed E-state index contributed by atoms with van der Waals surface area (Å²) in [4.78, 5) is 13.6. The first-order chi connectivity index (χ1) is 10.1. The zero-order valence-corrected chi connectivity index (χ0v) is 12.9. The van der Waals surface area contributed by atoms with Crippen LogP contribution in [0.1, 0.15) is 54.6 Å². The zero-order chi connectivity index (χ0) is 15.4. The summed E-state index contributed by atoms with van der Waals surface area (Å²) in [6.45, 7) is 6.61. The summed E-state index contributed by atoms with van der Waals surface area (Å²) in [7, 11) is 0. The van der Waals surface area contributed by atoms with E-state index in [4.69, 9.17) is 5.11 Å². The highest BCUT2D eigenvalue weighted by Crippen LogP contribution is 2.33. The average molecular weight is 291 g/mol. The number of benzene rings is 1. The summed E-state index contributed by atoms with van der Waals surface area (Å²) in [5, 5.41) is 19.2. The molecule has 1 aromatic carbocycles. The molecular formula is C17H25NO3. The SMILES string of the molecule is CCCN(CCC)[C@H]1CCc2c(ccc(C(=O)O)c2O)C1. The minimum atomic E-state index is -1.06. The van der Waals surface area contributed by atoms with Crippen LogP contribution in [0.5, 0.6) is 5.75 Å². The van der Waals surface area contributed by atoms with Crippen LogP contribution in [-0.4, -0.2) is 40.2 Å². The van der Waals surface area contributed by atoms with Crippen molar-refractivity contribution in [2.45, 2.75) is 52.0 Å². The largest absolute Gasteiger partial charge is 0.507 e. The molecule has 1 aliphatic carbocycles. The van der Waals surface area contributed by atoms with E-state index in [2.05, 4.69) is 18.7 Å². The van der Waals surface area contributed by atoms with E-state index in [-0.39, 0.29) is 11.3 Å². The van der Waals surface area contributed by atoms with Gasteiger partial charge >= 0.3 is 5.97 Å². The summed E-state index contributed by atoms with van der Waals surface area (Å²) in [5.41, 5.74) is 1.95. The quantitative estimate of drug-likeness (QED) is 0.845. The number of rotatable bonds is 6. The maximum Gasteiger partial charge on any atom is 0.339 e. The number of nitrogens with zero attached hydrogens (tertiary/aromatic N) is 1. The monoisotopic (exact) mass is 291 g/mol. The van der Waals surface area contributed by atoms with Crippen LogP contribution in [0.3, 0.4) is 0 Å². The summed E-state index contributed by atoms with van der Waals surface area (Å²) in [6.07, 6.45) is 4.95. The Bertz CT molecular complexity index is 507. The van der Waals surface area contributed by atoms with Crippen molar-refractivity contribution >= 4 is 5.97 Å². The van der Waals surface area contributed by atoms with E-state index in [9.17, 15) is 9.90 Å². The van der Waals surface area contributed by atoms with Crippen LogP contribution in [-0.2, 0) is 12.8 Å². The van der Waals surface area contributed by atoms with Gasteiger partial charge in [-0.15, -0.1) is 0 Å². The lowest BCUT2D eigenvalue weighted by Crippen LogP contribution is -2.40. The van der Waals surface area contributed by atoms with Gasteiger partial charge in [-0.1, -0.05) is 19.9 Å². The summed E-state index contributed by atoms with van der Waals surface area (Å²) >= 11 is 0. The minimum Gasteiger partial charge on any atom is -0.507 e. The molecule has 0 aliphatic heterocycles. The predicted molar refractivity (Wildman–Crippen MR) is 83.0 cm³/mol. The van der Waals surface area contributed by atoms with Gasteiger partial charge in [0.15, 0.2) is 0 Å². The van der Waals surface area contributed by atoms with E-state index in [0.29, 0.717) is 6.04 Å². The molecular weight excluding hydrogens is 266 g/mol. The number of carboxylic acid groups (broad SMARTS) is 1. The molecule has 1 aliphatic rings. The summed E-state index contributed by atoms with van der Waals surface area (Å²) in [5.74, 6) is -1.09. The van der Waals surface area contributed by atoms with E-state index >= 15 is 0 Å². The number of fused-ring (bicyclic) bond motifs is 1. The highest BCUT2D eigenvalue weighted by molar-refractivity contribution is 5.91. The van der Waals surface area contributed by atoms with Crippen molar-refractivity contribution in [2.24, 2.45) is 0 Å². The van der Waals surface area contributed by atoms with Crippen LogP contribution >= 0.6 is 0 Å². The molecule has 2 N–H and O–H groups in total. The van der Waals surface area contributed by atoms with Crippen LogP contribution in [0.4, 0.5) is 0 Å². The van der Waals surface area contributed by atoms with Crippen molar-refractivity contribution in [3.05, 3.63) is 28.8 Å². The third-order valence-corrected chi connectivity index (χ3v) is 4.33. The van der Waals surface area contributed by atoms with Crippen LogP contribution < -0.4 is 0 Å². The molecule has 0 amide bonds. The lowest BCUT2D eigenvalue weighted by molar-refractivity contribution is 0.0693. The molecule has 0 bridgehead atoms. The zero-order valence-electron chi connectivity index (χ0n) is 12.9. The molecule has 0 heterocycles. The number of hydrogen-bond acceptors (Lipinski definition) is 3. The third kappa shape index (κ3) is 3.38. The Kier molecular flexibility index (Phi) is 5.23. The normalized spacial score (nSPS) is 17.8. The fourth-order valence-corrected chi connectivity index (χ4v) is 3.35. The number of carbonyl (C=O) groups is 1. The van der Waals surface area contributed by atoms with Gasteiger partial charge in [-0.2, -0.15) is 0 Å². The van der Waals surface area contributed by atoms with Crippen molar-refractivity contribution in [1.29, 1.82) is 0 Å². The van der Waals surface area contributed by atoms with Crippen molar-refractivity contribution in [3.8, 4) is 5.75 Å². The van der Waals surface area contributed by atoms with E-state index in [1.54, 1.807) is 0 Å². The molecule has 1 atom stereocenters. The summed E-state index contributed by atoms with van der Waals surface area (Å²) in [6, 6.07) is 3.91. The molecule has 0 aromatic heterocycles. The Morgan fingerprint density at radius 1 is 1.29 bits per heavy atom. The molecule has 0 unspecified atom stereocenters. The van der Waals surface area contributed by atoms with Gasteiger partial charge in [0.2, 0.25) is 0 Å². The number of phenols is 1. The standard InChI is InChI=1S/C17H25NO3/c1-3-9-18(10-4-2)13-6-8-14-12(11-13)5-7-15(16(14)19)17(20)21/h5,7,13,19H,3-4,6,8-11H2,1-2H3,(H,20,21)/t13-/m0/s1. The maximum absolute atomic E-state index is 11.1. The van der Waals surface area contributed by atoms with Crippen molar-refractivity contribution in [1.82, 2.24) is 4.90 Å².